The Kier molecular flexibility index (Phi) is 4.55. The molecule has 0 N–H and O–H groups in total. The Morgan fingerprint density at radius 3 is 2.67 bits per heavy atom. The van der Waals surface area contributed by atoms with Gasteiger partial charge in [-0.3, -0.25) is 0 Å². The molecule has 0 spiro atoms. The van der Waals surface area contributed by atoms with Gasteiger partial charge in [0.1, 0.15) is 5.15 Å². The summed E-state index contributed by atoms with van der Waals surface area (Å²) in [5, 5.41) is 0.520. The van der Waals surface area contributed by atoms with E-state index in [-0.39, 0.29) is 0 Å². The number of halogens is 1. The first-order chi connectivity index (χ1) is 6.97. The largest absolute Gasteiger partial charge is 0.375 e. The molecule has 1 aromatic rings. The molecule has 0 aliphatic rings. The first-order valence-corrected chi connectivity index (χ1v) is 5.54. The summed E-state index contributed by atoms with van der Waals surface area (Å²) in [6, 6.07) is 5.57. The molecule has 0 bridgehead atoms. The molecule has 0 aliphatic heterocycles. The minimum atomic E-state index is 0.321. The van der Waals surface area contributed by atoms with Gasteiger partial charge in [-0.15, -0.1) is 0 Å². The van der Waals surface area contributed by atoms with Gasteiger partial charge >= 0.3 is 0 Å². The average Bonchev–Trinajstić information content (AvgIpc) is 2.11. The maximum absolute atomic E-state index is 5.76. The predicted octanol–water partition coefficient (Wildman–Crippen LogP) is 3.69. The molecule has 1 heterocycles. The Morgan fingerprint density at radius 2 is 2.07 bits per heavy atom. The van der Waals surface area contributed by atoms with Gasteiger partial charge in [0.25, 0.3) is 0 Å². The highest BCUT2D eigenvalue weighted by molar-refractivity contribution is 6.29. The molecule has 0 radical (unpaired) electrons. The molecule has 0 aliphatic carbocycles. The van der Waals surface area contributed by atoms with Crippen LogP contribution >= 0.6 is 11.6 Å². The fourth-order valence-electron chi connectivity index (χ4n) is 1.09. The molecule has 3 heteroatoms. The second-order valence-electron chi connectivity index (χ2n) is 4.81. The van der Waals surface area contributed by atoms with Crippen LogP contribution in [0.15, 0.2) is 18.2 Å². The van der Waals surface area contributed by atoms with Gasteiger partial charge in [-0.25, -0.2) is 4.98 Å². The second-order valence-corrected chi connectivity index (χ2v) is 5.20. The van der Waals surface area contributed by atoms with Crippen molar-refractivity contribution in [2.24, 2.45) is 5.41 Å². The molecular weight excluding hydrogens is 210 g/mol. The van der Waals surface area contributed by atoms with Crippen molar-refractivity contribution in [1.29, 1.82) is 0 Å². The lowest BCUT2D eigenvalue weighted by molar-refractivity contribution is 0.0941. The second kappa shape index (κ2) is 5.47. The zero-order valence-electron chi connectivity index (χ0n) is 9.59. The molecule has 84 valence electrons. The monoisotopic (exact) mass is 227 g/mol. The Labute approximate surface area is 96.6 Å². The third-order valence-corrected chi connectivity index (χ3v) is 2.23. The van der Waals surface area contributed by atoms with Crippen LogP contribution < -0.4 is 0 Å². The standard InChI is InChI=1S/C12H18ClNO/c1-12(2,3)7-8-15-9-10-5-4-6-11(13)14-10/h4-6H,7-9H2,1-3H3. The van der Waals surface area contributed by atoms with Crippen LogP contribution in [0.25, 0.3) is 0 Å². The molecule has 0 amide bonds. The number of ether oxygens (including phenoxy) is 1. The van der Waals surface area contributed by atoms with Crippen LogP contribution in [0, 0.1) is 5.41 Å². The van der Waals surface area contributed by atoms with E-state index in [1.165, 1.54) is 0 Å². The van der Waals surface area contributed by atoms with Crippen molar-refractivity contribution in [2.45, 2.75) is 33.8 Å². The quantitative estimate of drug-likeness (QED) is 0.578. The number of hydrogen-bond acceptors (Lipinski definition) is 2. The summed E-state index contributed by atoms with van der Waals surface area (Å²) < 4.78 is 5.53. The zero-order chi connectivity index (χ0) is 11.3. The molecule has 0 aromatic carbocycles. The summed E-state index contributed by atoms with van der Waals surface area (Å²) in [4.78, 5) is 4.15. The van der Waals surface area contributed by atoms with Crippen molar-refractivity contribution in [3.63, 3.8) is 0 Å². The lowest BCUT2D eigenvalue weighted by atomic mass is 9.93. The maximum Gasteiger partial charge on any atom is 0.129 e. The number of aromatic nitrogens is 1. The summed E-state index contributed by atoms with van der Waals surface area (Å²) in [6.45, 7) is 7.91. The third kappa shape index (κ3) is 5.75. The van der Waals surface area contributed by atoms with Crippen LogP contribution in [0.1, 0.15) is 32.9 Å². The van der Waals surface area contributed by atoms with Crippen LogP contribution in [0.5, 0.6) is 0 Å². The smallest absolute Gasteiger partial charge is 0.129 e. The van der Waals surface area contributed by atoms with Crippen LogP contribution in [-0.4, -0.2) is 11.6 Å². The third-order valence-electron chi connectivity index (χ3n) is 2.02. The van der Waals surface area contributed by atoms with Crippen LogP contribution in [0.4, 0.5) is 0 Å². The Balaban J connectivity index is 2.26. The van der Waals surface area contributed by atoms with Gasteiger partial charge in [0, 0.05) is 6.61 Å². The normalized spacial score (nSPS) is 11.7. The first-order valence-electron chi connectivity index (χ1n) is 5.16. The highest BCUT2D eigenvalue weighted by Gasteiger charge is 2.09. The van der Waals surface area contributed by atoms with Crippen molar-refractivity contribution in [1.82, 2.24) is 4.98 Å². The van der Waals surface area contributed by atoms with E-state index in [0.717, 1.165) is 18.7 Å². The fourth-order valence-corrected chi connectivity index (χ4v) is 1.27. The minimum absolute atomic E-state index is 0.321. The van der Waals surface area contributed by atoms with Gasteiger partial charge in [0.05, 0.1) is 12.3 Å². The molecule has 0 unspecified atom stereocenters. The number of hydrogen-bond donors (Lipinski definition) is 0. The Morgan fingerprint density at radius 1 is 1.33 bits per heavy atom. The summed E-state index contributed by atoms with van der Waals surface area (Å²) in [5.74, 6) is 0. The Hall–Kier alpha value is -0.600. The molecular formula is C12H18ClNO. The number of pyridine rings is 1. The van der Waals surface area contributed by atoms with Crippen molar-refractivity contribution in [2.75, 3.05) is 6.61 Å². The maximum atomic E-state index is 5.76. The lowest BCUT2D eigenvalue weighted by Crippen LogP contribution is -2.09. The molecule has 0 fully saturated rings. The molecule has 0 saturated heterocycles. The molecule has 0 atom stereocenters. The highest BCUT2D eigenvalue weighted by atomic mass is 35.5. The zero-order valence-corrected chi connectivity index (χ0v) is 10.3. The minimum Gasteiger partial charge on any atom is -0.375 e. The van der Waals surface area contributed by atoms with E-state index in [2.05, 4.69) is 25.8 Å². The summed E-state index contributed by atoms with van der Waals surface area (Å²) in [5.41, 5.74) is 1.21. The van der Waals surface area contributed by atoms with Gasteiger partial charge in [-0.1, -0.05) is 38.4 Å². The van der Waals surface area contributed by atoms with E-state index in [0.29, 0.717) is 17.2 Å². The van der Waals surface area contributed by atoms with E-state index in [4.69, 9.17) is 16.3 Å². The van der Waals surface area contributed by atoms with E-state index < -0.39 is 0 Å². The molecule has 2 nitrogen and oxygen atoms in total. The summed E-state index contributed by atoms with van der Waals surface area (Å²) in [7, 11) is 0. The molecule has 0 saturated carbocycles. The van der Waals surface area contributed by atoms with Gasteiger partial charge in [-0.2, -0.15) is 0 Å². The van der Waals surface area contributed by atoms with E-state index in [1.807, 2.05) is 12.1 Å². The van der Waals surface area contributed by atoms with Gasteiger partial charge in [0.2, 0.25) is 0 Å². The van der Waals surface area contributed by atoms with E-state index >= 15 is 0 Å². The van der Waals surface area contributed by atoms with Crippen molar-refractivity contribution in [3.05, 3.63) is 29.0 Å². The van der Waals surface area contributed by atoms with E-state index in [9.17, 15) is 0 Å². The Bertz CT molecular complexity index is 307. The average molecular weight is 228 g/mol. The van der Waals surface area contributed by atoms with Gasteiger partial charge < -0.3 is 4.74 Å². The van der Waals surface area contributed by atoms with Crippen LogP contribution in [-0.2, 0) is 11.3 Å². The van der Waals surface area contributed by atoms with Crippen LogP contribution in [0.2, 0.25) is 5.15 Å². The predicted molar refractivity (Wildman–Crippen MR) is 63.0 cm³/mol. The summed E-state index contributed by atoms with van der Waals surface area (Å²) in [6.07, 6.45) is 1.05. The SMILES string of the molecule is CC(C)(C)CCOCc1cccc(Cl)n1. The summed E-state index contributed by atoms with van der Waals surface area (Å²) >= 11 is 5.76. The van der Waals surface area contributed by atoms with Gasteiger partial charge in [-0.05, 0) is 24.0 Å². The van der Waals surface area contributed by atoms with Crippen LogP contribution in [0.3, 0.4) is 0 Å². The first kappa shape index (κ1) is 12.5. The fraction of sp³-hybridized carbons (Fsp3) is 0.583. The van der Waals surface area contributed by atoms with Crippen molar-refractivity contribution < 1.29 is 4.74 Å². The highest BCUT2D eigenvalue weighted by Crippen LogP contribution is 2.18. The van der Waals surface area contributed by atoms with Gasteiger partial charge in [0.15, 0.2) is 0 Å². The molecule has 15 heavy (non-hydrogen) atoms. The number of nitrogens with zero attached hydrogens (tertiary/aromatic N) is 1. The van der Waals surface area contributed by atoms with E-state index in [1.54, 1.807) is 6.07 Å². The van der Waals surface area contributed by atoms with Crippen molar-refractivity contribution >= 4 is 11.6 Å². The molecule has 1 rings (SSSR count). The topological polar surface area (TPSA) is 22.1 Å². The van der Waals surface area contributed by atoms with Crippen molar-refractivity contribution in [3.8, 4) is 0 Å². The number of rotatable bonds is 4. The lowest BCUT2D eigenvalue weighted by Gasteiger charge is -2.17. The molecule has 1 aromatic heterocycles.